The highest BCUT2D eigenvalue weighted by Gasteiger charge is 2.11. The number of nitrogens with zero attached hydrogens (tertiary/aromatic N) is 1. The maximum Gasteiger partial charge on any atom is 0.150 e. The number of benzene rings is 2. The van der Waals surface area contributed by atoms with Crippen LogP contribution in [0.3, 0.4) is 0 Å². The highest BCUT2D eigenvalue weighted by atomic mass is 16.1. The van der Waals surface area contributed by atoms with Gasteiger partial charge in [0.25, 0.3) is 0 Å². The lowest BCUT2D eigenvalue weighted by Gasteiger charge is -2.09. The van der Waals surface area contributed by atoms with Crippen LogP contribution in [0.15, 0.2) is 42.6 Å². The number of aromatic nitrogens is 2. The number of aryl methyl sites for hydroxylation is 1. The van der Waals surface area contributed by atoms with E-state index < -0.39 is 0 Å². The van der Waals surface area contributed by atoms with Crippen LogP contribution in [-0.4, -0.2) is 16.5 Å². The molecule has 0 fully saturated rings. The fourth-order valence-electron chi connectivity index (χ4n) is 2.31. The number of hydrogen-bond acceptors (Lipinski definition) is 2. The minimum absolute atomic E-state index is 0.703. The third-order valence-electron chi connectivity index (χ3n) is 3.19. The largest absolute Gasteiger partial charge is 0.298 e. The second-order valence-corrected chi connectivity index (χ2v) is 4.29. The van der Waals surface area contributed by atoms with E-state index in [9.17, 15) is 4.79 Å². The van der Waals surface area contributed by atoms with Gasteiger partial charge in [-0.1, -0.05) is 30.3 Å². The van der Waals surface area contributed by atoms with Gasteiger partial charge in [0, 0.05) is 10.9 Å². The molecule has 0 aliphatic heterocycles. The number of carbonyl (C=O) groups excluding carboxylic acids is 1. The minimum Gasteiger partial charge on any atom is -0.298 e. The smallest absolute Gasteiger partial charge is 0.150 e. The zero-order valence-corrected chi connectivity index (χ0v) is 9.97. The van der Waals surface area contributed by atoms with Gasteiger partial charge < -0.3 is 0 Å². The summed E-state index contributed by atoms with van der Waals surface area (Å²) in [6, 6.07) is 11.7. The molecule has 0 aliphatic carbocycles. The molecule has 1 heterocycles. The first-order valence-electron chi connectivity index (χ1n) is 5.78. The van der Waals surface area contributed by atoms with Gasteiger partial charge in [-0.2, -0.15) is 5.10 Å². The third-order valence-corrected chi connectivity index (χ3v) is 3.19. The van der Waals surface area contributed by atoms with Gasteiger partial charge in [-0.05, 0) is 29.7 Å². The fourth-order valence-corrected chi connectivity index (χ4v) is 2.31. The molecule has 1 N–H and O–H groups in total. The van der Waals surface area contributed by atoms with Crippen LogP contribution in [0.2, 0.25) is 0 Å². The van der Waals surface area contributed by atoms with Crippen LogP contribution in [0.5, 0.6) is 0 Å². The maximum atomic E-state index is 11.2. The molecule has 3 aromatic rings. The standard InChI is InChI=1S/C15H12N2O/c1-10-6-7-14-13(8-16-17-14)15(10)12-5-3-2-4-11(12)9-18/h2-9H,1H3,(H,16,17). The molecule has 0 saturated carbocycles. The molecule has 0 amide bonds. The van der Waals surface area contributed by atoms with Crippen molar-refractivity contribution in [1.29, 1.82) is 0 Å². The fraction of sp³-hybridized carbons (Fsp3) is 0.0667. The van der Waals surface area contributed by atoms with Crippen molar-refractivity contribution in [2.75, 3.05) is 0 Å². The number of aromatic amines is 1. The number of rotatable bonds is 2. The average Bonchev–Trinajstić information content (AvgIpc) is 2.87. The number of H-pyrrole nitrogens is 1. The van der Waals surface area contributed by atoms with Gasteiger partial charge in [-0.3, -0.25) is 9.89 Å². The molecule has 0 radical (unpaired) electrons. The predicted molar refractivity (Wildman–Crippen MR) is 71.7 cm³/mol. The molecular weight excluding hydrogens is 224 g/mol. The molecule has 3 rings (SSSR count). The summed E-state index contributed by atoms with van der Waals surface area (Å²) >= 11 is 0. The number of hydrogen-bond donors (Lipinski definition) is 1. The summed E-state index contributed by atoms with van der Waals surface area (Å²) in [6.45, 7) is 2.04. The van der Waals surface area contributed by atoms with Gasteiger partial charge in [-0.15, -0.1) is 0 Å². The Morgan fingerprint density at radius 2 is 2.00 bits per heavy atom. The molecule has 0 spiro atoms. The summed E-state index contributed by atoms with van der Waals surface area (Å²) in [6.07, 6.45) is 2.70. The normalized spacial score (nSPS) is 10.7. The van der Waals surface area contributed by atoms with Crippen LogP contribution in [0, 0.1) is 6.92 Å². The van der Waals surface area contributed by atoms with Crippen molar-refractivity contribution >= 4 is 17.2 Å². The van der Waals surface area contributed by atoms with Crippen molar-refractivity contribution in [3.05, 3.63) is 53.7 Å². The summed E-state index contributed by atoms with van der Waals surface area (Å²) in [5.41, 5.74) is 4.85. The first kappa shape index (κ1) is 10.7. The van der Waals surface area contributed by atoms with Gasteiger partial charge in [0.1, 0.15) is 0 Å². The van der Waals surface area contributed by atoms with E-state index in [2.05, 4.69) is 10.2 Å². The lowest BCUT2D eigenvalue weighted by atomic mass is 9.94. The van der Waals surface area contributed by atoms with Crippen molar-refractivity contribution in [3.63, 3.8) is 0 Å². The lowest BCUT2D eigenvalue weighted by molar-refractivity contribution is 0.112. The van der Waals surface area contributed by atoms with Crippen molar-refractivity contribution in [3.8, 4) is 11.1 Å². The Labute approximate surface area is 104 Å². The van der Waals surface area contributed by atoms with Crippen LogP contribution in [0.25, 0.3) is 22.0 Å². The van der Waals surface area contributed by atoms with E-state index in [4.69, 9.17) is 0 Å². The monoisotopic (exact) mass is 236 g/mol. The Bertz CT molecular complexity index is 728. The molecule has 88 valence electrons. The molecule has 0 saturated heterocycles. The van der Waals surface area contributed by atoms with Gasteiger partial charge in [0.05, 0.1) is 11.7 Å². The topological polar surface area (TPSA) is 45.8 Å². The summed E-state index contributed by atoms with van der Waals surface area (Å²) in [4.78, 5) is 11.2. The van der Waals surface area contributed by atoms with Crippen LogP contribution in [-0.2, 0) is 0 Å². The number of fused-ring (bicyclic) bond motifs is 1. The van der Waals surface area contributed by atoms with Crippen molar-refractivity contribution in [2.45, 2.75) is 6.92 Å². The number of aldehydes is 1. The van der Waals surface area contributed by atoms with Gasteiger partial charge >= 0.3 is 0 Å². The number of nitrogens with one attached hydrogen (secondary N) is 1. The van der Waals surface area contributed by atoms with E-state index >= 15 is 0 Å². The molecule has 0 bridgehead atoms. The predicted octanol–water partition coefficient (Wildman–Crippen LogP) is 3.35. The summed E-state index contributed by atoms with van der Waals surface area (Å²) in [5, 5.41) is 8.07. The van der Waals surface area contributed by atoms with E-state index in [1.54, 1.807) is 6.20 Å². The Morgan fingerprint density at radius 1 is 1.17 bits per heavy atom. The first-order valence-corrected chi connectivity index (χ1v) is 5.78. The molecule has 3 heteroatoms. The molecule has 18 heavy (non-hydrogen) atoms. The van der Waals surface area contributed by atoms with Gasteiger partial charge in [0.2, 0.25) is 0 Å². The van der Waals surface area contributed by atoms with Crippen molar-refractivity contribution in [2.24, 2.45) is 0 Å². The molecule has 2 aromatic carbocycles. The molecule has 0 atom stereocenters. The summed E-state index contributed by atoms with van der Waals surface area (Å²) < 4.78 is 0. The van der Waals surface area contributed by atoms with E-state index in [1.807, 2.05) is 43.3 Å². The SMILES string of the molecule is Cc1ccc2[nH]ncc2c1-c1ccccc1C=O. The minimum atomic E-state index is 0.703. The zero-order chi connectivity index (χ0) is 12.5. The van der Waals surface area contributed by atoms with Crippen LogP contribution < -0.4 is 0 Å². The number of carbonyl (C=O) groups is 1. The second-order valence-electron chi connectivity index (χ2n) is 4.29. The molecule has 0 aliphatic rings. The Morgan fingerprint density at radius 3 is 2.83 bits per heavy atom. The highest BCUT2D eigenvalue weighted by molar-refractivity contribution is 6.00. The summed E-state index contributed by atoms with van der Waals surface area (Å²) in [5.74, 6) is 0. The Balaban J connectivity index is 2.40. The first-order chi connectivity index (χ1) is 8.81. The summed E-state index contributed by atoms with van der Waals surface area (Å²) in [7, 11) is 0. The lowest BCUT2D eigenvalue weighted by Crippen LogP contribution is -1.90. The third kappa shape index (κ3) is 1.52. The van der Waals surface area contributed by atoms with Gasteiger partial charge in [0.15, 0.2) is 6.29 Å². The quantitative estimate of drug-likeness (QED) is 0.693. The molecule has 0 unspecified atom stereocenters. The van der Waals surface area contributed by atoms with Gasteiger partial charge in [-0.25, -0.2) is 0 Å². The van der Waals surface area contributed by atoms with E-state index in [0.717, 1.165) is 33.9 Å². The van der Waals surface area contributed by atoms with Crippen molar-refractivity contribution in [1.82, 2.24) is 10.2 Å². The Hall–Kier alpha value is -2.42. The van der Waals surface area contributed by atoms with Crippen LogP contribution >= 0.6 is 0 Å². The average molecular weight is 236 g/mol. The molecule has 1 aromatic heterocycles. The molecule has 3 nitrogen and oxygen atoms in total. The van der Waals surface area contributed by atoms with Crippen LogP contribution in [0.4, 0.5) is 0 Å². The van der Waals surface area contributed by atoms with Crippen LogP contribution in [0.1, 0.15) is 15.9 Å². The second kappa shape index (κ2) is 4.11. The van der Waals surface area contributed by atoms with E-state index in [0.29, 0.717) is 5.56 Å². The van der Waals surface area contributed by atoms with Crippen molar-refractivity contribution < 1.29 is 4.79 Å². The van der Waals surface area contributed by atoms with E-state index in [-0.39, 0.29) is 0 Å². The highest BCUT2D eigenvalue weighted by Crippen LogP contribution is 2.32. The maximum absolute atomic E-state index is 11.2. The molecular formula is C15H12N2O. The Kier molecular flexibility index (Phi) is 2.45. The van der Waals surface area contributed by atoms with E-state index in [1.165, 1.54) is 0 Å². The zero-order valence-electron chi connectivity index (χ0n) is 9.97.